The molecule has 82 valence electrons. The summed E-state index contributed by atoms with van der Waals surface area (Å²) in [6, 6.07) is 3.41. The highest BCUT2D eigenvalue weighted by atomic mass is 16.3. The molecule has 0 spiro atoms. The van der Waals surface area contributed by atoms with Gasteiger partial charge in [0.1, 0.15) is 0 Å². The monoisotopic (exact) mass is 208 g/mol. The SMILES string of the molecule is Cc1cc(C(=O)NCC(C)CO)ccn1. The van der Waals surface area contributed by atoms with Gasteiger partial charge in [-0.2, -0.15) is 0 Å². The molecular weight excluding hydrogens is 192 g/mol. The van der Waals surface area contributed by atoms with E-state index in [-0.39, 0.29) is 18.4 Å². The molecule has 0 aliphatic carbocycles. The number of amides is 1. The van der Waals surface area contributed by atoms with Crippen LogP contribution in [0.3, 0.4) is 0 Å². The standard InChI is InChI=1S/C11H16N2O2/c1-8(7-14)6-13-11(15)10-3-4-12-9(2)5-10/h3-5,8,14H,6-7H2,1-2H3,(H,13,15). The molecule has 0 aliphatic rings. The first-order valence-corrected chi connectivity index (χ1v) is 4.95. The van der Waals surface area contributed by atoms with Crippen LogP contribution in [0.15, 0.2) is 18.3 Å². The molecule has 1 atom stereocenters. The van der Waals surface area contributed by atoms with Gasteiger partial charge in [0.15, 0.2) is 0 Å². The lowest BCUT2D eigenvalue weighted by Crippen LogP contribution is -2.29. The molecule has 1 amide bonds. The number of nitrogens with one attached hydrogen (secondary N) is 1. The van der Waals surface area contributed by atoms with Crippen molar-refractivity contribution in [1.29, 1.82) is 0 Å². The van der Waals surface area contributed by atoms with Gasteiger partial charge in [-0.3, -0.25) is 9.78 Å². The van der Waals surface area contributed by atoms with Gasteiger partial charge in [0.05, 0.1) is 0 Å². The van der Waals surface area contributed by atoms with E-state index in [4.69, 9.17) is 5.11 Å². The van der Waals surface area contributed by atoms with Crippen molar-refractivity contribution in [3.8, 4) is 0 Å². The smallest absolute Gasteiger partial charge is 0.251 e. The predicted octanol–water partition coefficient (Wildman–Crippen LogP) is 0.748. The van der Waals surface area contributed by atoms with Crippen molar-refractivity contribution in [2.45, 2.75) is 13.8 Å². The fourth-order valence-electron chi connectivity index (χ4n) is 1.12. The number of aliphatic hydroxyl groups excluding tert-OH is 1. The van der Waals surface area contributed by atoms with Gasteiger partial charge >= 0.3 is 0 Å². The van der Waals surface area contributed by atoms with Crippen LogP contribution in [-0.2, 0) is 0 Å². The zero-order valence-electron chi connectivity index (χ0n) is 9.03. The minimum Gasteiger partial charge on any atom is -0.396 e. The molecule has 15 heavy (non-hydrogen) atoms. The zero-order chi connectivity index (χ0) is 11.3. The van der Waals surface area contributed by atoms with Crippen molar-refractivity contribution < 1.29 is 9.90 Å². The summed E-state index contributed by atoms with van der Waals surface area (Å²) in [5.41, 5.74) is 1.42. The van der Waals surface area contributed by atoms with E-state index in [0.29, 0.717) is 12.1 Å². The molecule has 1 heterocycles. The Morgan fingerprint density at radius 3 is 3.00 bits per heavy atom. The Morgan fingerprint density at radius 2 is 2.40 bits per heavy atom. The molecule has 4 nitrogen and oxygen atoms in total. The number of pyridine rings is 1. The predicted molar refractivity (Wildman–Crippen MR) is 57.6 cm³/mol. The van der Waals surface area contributed by atoms with Gasteiger partial charge in [0.2, 0.25) is 0 Å². The Balaban J connectivity index is 2.54. The van der Waals surface area contributed by atoms with Gasteiger partial charge in [-0.1, -0.05) is 6.92 Å². The van der Waals surface area contributed by atoms with Gasteiger partial charge < -0.3 is 10.4 Å². The summed E-state index contributed by atoms with van der Waals surface area (Å²) < 4.78 is 0. The van der Waals surface area contributed by atoms with Crippen molar-refractivity contribution in [2.75, 3.05) is 13.2 Å². The lowest BCUT2D eigenvalue weighted by Gasteiger charge is -2.09. The fourth-order valence-corrected chi connectivity index (χ4v) is 1.12. The van der Waals surface area contributed by atoms with Crippen LogP contribution in [0.5, 0.6) is 0 Å². The van der Waals surface area contributed by atoms with E-state index in [1.54, 1.807) is 18.3 Å². The second-order valence-corrected chi connectivity index (χ2v) is 3.68. The maximum Gasteiger partial charge on any atom is 0.251 e. The molecular formula is C11H16N2O2. The van der Waals surface area contributed by atoms with Gasteiger partial charge in [0, 0.05) is 30.6 Å². The molecule has 2 N–H and O–H groups in total. The Hall–Kier alpha value is -1.42. The molecule has 0 radical (unpaired) electrons. The van der Waals surface area contributed by atoms with E-state index in [9.17, 15) is 4.79 Å². The van der Waals surface area contributed by atoms with Gasteiger partial charge in [-0.05, 0) is 25.0 Å². The van der Waals surface area contributed by atoms with Gasteiger partial charge in [-0.25, -0.2) is 0 Å². The lowest BCUT2D eigenvalue weighted by atomic mass is 10.2. The number of aliphatic hydroxyl groups is 1. The number of aryl methyl sites for hydroxylation is 1. The highest BCUT2D eigenvalue weighted by Crippen LogP contribution is 2.00. The molecule has 0 fully saturated rings. The summed E-state index contributed by atoms with van der Waals surface area (Å²) in [6.07, 6.45) is 1.61. The molecule has 4 heteroatoms. The quantitative estimate of drug-likeness (QED) is 0.767. The van der Waals surface area contributed by atoms with E-state index in [1.165, 1.54) is 0 Å². The Morgan fingerprint density at radius 1 is 1.67 bits per heavy atom. The maximum absolute atomic E-state index is 11.6. The van der Waals surface area contributed by atoms with E-state index in [2.05, 4.69) is 10.3 Å². The minimum atomic E-state index is -0.124. The van der Waals surface area contributed by atoms with Crippen LogP contribution in [0.2, 0.25) is 0 Å². The second kappa shape index (κ2) is 5.46. The third-order valence-corrected chi connectivity index (χ3v) is 2.08. The number of hydrogen-bond acceptors (Lipinski definition) is 3. The van der Waals surface area contributed by atoms with Gasteiger partial charge in [0.25, 0.3) is 5.91 Å². The molecule has 0 saturated carbocycles. The van der Waals surface area contributed by atoms with Crippen LogP contribution in [-0.4, -0.2) is 29.1 Å². The Bertz CT molecular complexity index is 339. The number of rotatable bonds is 4. The maximum atomic E-state index is 11.6. The van der Waals surface area contributed by atoms with E-state index >= 15 is 0 Å². The summed E-state index contributed by atoms with van der Waals surface area (Å²) >= 11 is 0. The van der Waals surface area contributed by atoms with Crippen LogP contribution in [0.25, 0.3) is 0 Å². The van der Waals surface area contributed by atoms with Crippen LogP contribution in [0, 0.1) is 12.8 Å². The lowest BCUT2D eigenvalue weighted by molar-refractivity contribution is 0.0942. The van der Waals surface area contributed by atoms with Crippen molar-refractivity contribution in [3.63, 3.8) is 0 Å². The Kier molecular flexibility index (Phi) is 4.24. The fraction of sp³-hybridized carbons (Fsp3) is 0.455. The molecule has 1 aromatic heterocycles. The number of hydrogen-bond donors (Lipinski definition) is 2. The molecule has 1 aromatic rings. The third-order valence-electron chi connectivity index (χ3n) is 2.08. The average molecular weight is 208 g/mol. The van der Waals surface area contributed by atoms with Crippen LogP contribution >= 0.6 is 0 Å². The first-order valence-electron chi connectivity index (χ1n) is 4.95. The molecule has 1 unspecified atom stereocenters. The Labute approximate surface area is 89.3 Å². The number of carbonyl (C=O) groups is 1. The third kappa shape index (κ3) is 3.67. The molecule has 0 aromatic carbocycles. The summed E-state index contributed by atoms with van der Waals surface area (Å²) in [4.78, 5) is 15.6. The molecule has 0 saturated heterocycles. The first kappa shape index (κ1) is 11.7. The van der Waals surface area contributed by atoms with Crippen LogP contribution < -0.4 is 5.32 Å². The van der Waals surface area contributed by atoms with E-state index in [0.717, 1.165) is 5.69 Å². The van der Waals surface area contributed by atoms with Gasteiger partial charge in [-0.15, -0.1) is 0 Å². The number of aromatic nitrogens is 1. The summed E-state index contributed by atoms with van der Waals surface area (Å²) in [5, 5.41) is 11.6. The highest BCUT2D eigenvalue weighted by Gasteiger charge is 2.07. The van der Waals surface area contributed by atoms with E-state index < -0.39 is 0 Å². The van der Waals surface area contributed by atoms with Crippen molar-refractivity contribution in [3.05, 3.63) is 29.6 Å². The van der Waals surface area contributed by atoms with E-state index in [1.807, 2.05) is 13.8 Å². The van der Waals surface area contributed by atoms with Crippen LogP contribution in [0.1, 0.15) is 23.0 Å². The molecule has 1 rings (SSSR count). The largest absolute Gasteiger partial charge is 0.396 e. The molecule has 0 bridgehead atoms. The number of carbonyl (C=O) groups excluding carboxylic acids is 1. The van der Waals surface area contributed by atoms with Crippen molar-refractivity contribution in [2.24, 2.45) is 5.92 Å². The first-order chi connectivity index (χ1) is 7.13. The average Bonchev–Trinajstić information content (AvgIpc) is 2.25. The summed E-state index contributed by atoms with van der Waals surface area (Å²) in [6.45, 7) is 4.28. The minimum absolute atomic E-state index is 0.0790. The van der Waals surface area contributed by atoms with Crippen molar-refractivity contribution >= 4 is 5.91 Å². The number of nitrogens with zero attached hydrogens (tertiary/aromatic N) is 1. The summed E-state index contributed by atoms with van der Waals surface area (Å²) in [7, 11) is 0. The van der Waals surface area contributed by atoms with Crippen molar-refractivity contribution in [1.82, 2.24) is 10.3 Å². The van der Waals surface area contributed by atoms with Crippen LogP contribution in [0.4, 0.5) is 0 Å². The normalized spacial score (nSPS) is 12.2. The molecule has 0 aliphatic heterocycles. The zero-order valence-corrected chi connectivity index (χ0v) is 9.03. The highest BCUT2D eigenvalue weighted by molar-refractivity contribution is 5.94. The second-order valence-electron chi connectivity index (χ2n) is 3.68. The topological polar surface area (TPSA) is 62.2 Å². The summed E-state index contributed by atoms with van der Waals surface area (Å²) in [5.74, 6) is -0.0438.